The van der Waals surface area contributed by atoms with E-state index in [1.807, 2.05) is 85.1 Å². The molecule has 0 spiro atoms. The number of hydrogen-bond donors (Lipinski definition) is 1. The summed E-state index contributed by atoms with van der Waals surface area (Å²) in [4.78, 5) is 53.9. The van der Waals surface area contributed by atoms with E-state index in [0.29, 0.717) is 5.57 Å². The summed E-state index contributed by atoms with van der Waals surface area (Å²) in [6.07, 6.45) is -0.550. The summed E-state index contributed by atoms with van der Waals surface area (Å²) < 4.78 is 11.4. The van der Waals surface area contributed by atoms with E-state index in [4.69, 9.17) is 9.47 Å². The molecule has 3 atom stereocenters. The van der Waals surface area contributed by atoms with Gasteiger partial charge in [0.05, 0.1) is 6.42 Å². The first-order valence-corrected chi connectivity index (χ1v) is 14.6. The third kappa shape index (κ3) is 5.83. The van der Waals surface area contributed by atoms with Gasteiger partial charge in [-0.05, 0) is 29.5 Å². The van der Waals surface area contributed by atoms with E-state index >= 15 is 0 Å². The van der Waals surface area contributed by atoms with Crippen LogP contribution in [0.15, 0.2) is 89.4 Å². The van der Waals surface area contributed by atoms with Crippen LogP contribution in [0.5, 0.6) is 0 Å². The van der Waals surface area contributed by atoms with Crippen LogP contribution in [-0.4, -0.2) is 51.9 Å². The van der Waals surface area contributed by atoms with Crippen molar-refractivity contribution in [3.8, 4) is 0 Å². The van der Waals surface area contributed by atoms with Gasteiger partial charge in [-0.2, -0.15) is 0 Å². The predicted octanol–water partition coefficient (Wildman–Crippen LogP) is 4.23. The second-order valence-corrected chi connectivity index (χ2v) is 11.9. The molecule has 10 heteroatoms. The number of esters is 2. The molecule has 40 heavy (non-hydrogen) atoms. The van der Waals surface area contributed by atoms with Crippen molar-refractivity contribution in [2.24, 2.45) is 0 Å². The van der Waals surface area contributed by atoms with E-state index in [2.05, 4.69) is 5.32 Å². The zero-order valence-electron chi connectivity index (χ0n) is 21.9. The highest BCUT2D eigenvalue weighted by molar-refractivity contribution is 8.00. The Hall–Kier alpha value is -3.89. The van der Waals surface area contributed by atoms with Gasteiger partial charge >= 0.3 is 11.9 Å². The van der Waals surface area contributed by atoms with Crippen LogP contribution >= 0.6 is 23.1 Å². The molecule has 1 fully saturated rings. The van der Waals surface area contributed by atoms with Crippen LogP contribution in [0.2, 0.25) is 0 Å². The number of nitrogens with zero attached hydrogens (tertiary/aromatic N) is 1. The van der Waals surface area contributed by atoms with E-state index in [1.165, 1.54) is 34.9 Å². The van der Waals surface area contributed by atoms with Gasteiger partial charge in [-0.1, -0.05) is 66.7 Å². The molecule has 1 N–H and O–H groups in total. The first-order chi connectivity index (χ1) is 19.3. The molecule has 2 aliphatic rings. The van der Waals surface area contributed by atoms with E-state index in [1.54, 1.807) is 0 Å². The van der Waals surface area contributed by atoms with E-state index in [9.17, 15) is 19.2 Å². The van der Waals surface area contributed by atoms with Crippen molar-refractivity contribution in [2.75, 3.05) is 6.61 Å². The normalized spacial score (nSPS) is 20.0. The van der Waals surface area contributed by atoms with Gasteiger partial charge in [0, 0.05) is 22.6 Å². The monoisotopic (exact) mass is 576 g/mol. The van der Waals surface area contributed by atoms with Crippen LogP contribution in [0.4, 0.5) is 0 Å². The summed E-state index contributed by atoms with van der Waals surface area (Å²) in [6, 6.07) is 21.6. The van der Waals surface area contributed by atoms with Crippen LogP contribution < -0.4 is 5.32 Å². The Kier molecular flexibility index (Phi) is 8.37. The van der Waals surface area contributed by atoms with Crippen LogP contribution in [0, 0.1) is 0 Å². The maximum Gasteiger partial charge on any atom is 0.356 e. The van der Waals surface area contributed by atoms with Crippen LogP contribution in [0.25, 0.3) is 0 Å². The van der Waals surface area contributed by atoms with Crippen molar-refractivity contribution in [1.82, 2.24) is 10.2 Å². The number of ether oxygens (including phenoxy) is 2. The van der Waals surface area contributed by atoms with Gasteiger partial charge in [0.25, 0.3) is 5.91 Å². The van der Waals surface area contributed by atoms with Gasteiger partial charge in [0.2, 0.25) is 5.91 Å². The lowest BCUT2D eigenvalue weighted by atomic mass is 9.99. The molecule has 5 rings (SSSR count). The lowest BCUT2D eigenvalue weighted by Gasteiger charge is -2.51. The summed E-state index contributed by atoms with van der Waals surface area (Å²) in [5.41, 5.74) is 2.08. The molecule has 2 amide bonds. The summed E-state index contributed by atoms with van der Waals surface area (Å²) in [6.45, 7) is 3.02. The highest BCUT2D eigenvalue weighted by Gasteiger charge is 2.56. The summed E-state index contributed by atoms with van der Waals surface area (Å²) in [5.74, 6) is -1.87. The summed E-state index contributed by atoms with van der Waals surface area (Å²) in [7, 11) is 0. The number of β-lactam (4-membered cyclic amide) rings is 1. The molecule has 3 heterocycles. The number of fused-ring (bicyclic) bond motifs is 1. The molecule has 8 nitrogen and oxygen atoms in total. The third-order valence-electron chi connectivity index (χ3n) is 6.71. The molecular formula is C30H28N2O6S2. The Labute approximate surface area is 240 Å². The average molecular weight is 577 g/mol. The summed E-state index contributed by atoms with van der Waals surface area (Å²) in [5, 5.41) is 3.96. The van der Waals surface area contributed by atoms with Gasteiger partial charge in [-0.25, -0.2) is 4.79 Å². The number of rotatable bonds is 9. The molecule has 1 unspecified atom stereocenters. The first kappa shape index (κ1) is 27.7. The van der Waals surface area contributed by atoms with Gasteiger partial charge in [-0.15, -0.1) is 23.1 Å². The molecule has 0 bridgehead atoms. The number of carbonyl (C=O) groups excluding carboxylic acids is 4. The minimum absolute atomic E-state index is 0.0584. The second-order valence-electron chi connectivity index (χ2n) is 9.44. The maximum atomic E-state index is 13.9. The Morgan fingerprint density at radius 3 is 2.20 bits per heavy atom. The lowest BCUT2D eigenvalue weighted by Crippen LogP contribution is -2.71. The van der Waals surface area contributed by atoms with Gasteiger partial charge in [0.1, 0.15) is 23.7 Å². The molecule has 1 aromatic heterocycles. The SMILES string of the molecule is CC(=O)OCC1=C(C(=O)OC(c2ccccc2)c2ccccc2)N2C(=O)C(NC(=O)Cc3cccs3)[C@H]2S[C@@H]1C. The number of carbonyl (C=O) groups is 4. The number of thioether (sulfide) groups is 1. The highest BCUT2D eigenvalue weighted by Crippen LogP contribution is 2.45. The minimum atomic E-state index is -0.781. The quantitative estimate of drug-likeness (QED) is 0.301. The molecule has 2 aliphatic heterocycles. The zero-order valence-corrected chi connectivity index (χ0v) is 23.6. The zero-order chi connectivity index (χ0) is 28.2. The highest BCUT2D eigenvalue weighted by atomic mass is 32.2. The average Bonchev–Trinajstić information content (AvgIpc) is 3.47. The van der Waals surface area contributed by atoms with Crippen molar-refractivity contribution in [2.45, 2.75) is 43.0 Å². The van der Waals surface area contributed by atoms with Gasteiger partial charge < -0.3 is 14.8 Å². The van der Waals surface area contributed by atoms with Crippen molar-refractivity contribution in [1.29, 1.82) is 0 Å². The number of amides is 2. The Bertz CT molecular complexity index is 1390. The summed E-state index contributed by atoms with van der Waals surface area (Å²) >= 11 is 2.90. The van der Waals surface area contributed by atoms with Crippen LogP contribution in [0.1, 0.15) is 36.0 Å². The fraction of sp³-hybridized carbons (Fsp3) is 0.267. The maximum absolute atomic E-state index is 13.9. The molecule has 3 aromatic rings. The van der Waals surface area contributed by atoms with E-state index in [-0.39, 0.29) is 29.9 Å². The van der Waals surface area contributed by atoms with Crippen LogP contribution in [-0.2, 0) is 35.1 Å². The Balaban J connectivity index is 1.43. The standard InChI is InChI=1S/C30H28N2O6S2/c1-18-23(17-37-19(2)33)26(30(36)38-27(20-10-5-3-6-11-20)21-12-7-4-8-13-21)32-28(35)25(29(32)40-18)31-24(34)16-22-14-9-15-39-22/h3-15,18,25,27,29H,16-17H2,1-2H3,(H,31,34)/t18-,25?,29-/m1/s1. The third-order valence-corrected chi connectivity index (χ3v) is 9.04. The predicted molar refractivity (Wildman–Crippen MR) is 152 cm³/mol. The van der Waals surface area contributed by atoms with Crippen molar-refractivity contribution >= 4 is 46.9 Å². The minimum Gasteiger partial charge on any atom is -0.461 e. The number of benzene rings is 2. The first-order valence-electron chi connectivity index (χ1n) is 12.8. The van der Waals surface area contributed by atoms with E-state index in [0.717, 1.165) is 16.0 Å². The Morgan fingerprint density at radius 2 is 1.62 bits per heavy atom. The fourth-order valence-corrected chi connectivity index (χ4v) is 6.89. The van der Waals surface area contributed by atoms with E-state index < -0.39 is 35.4 Å². The number of thiophene rings is 1. The van der Waals surface area contributed by atoms with Crippen molar-refractivity contribution < 1.29 is 28.7 Å². The molecule has 2 aromatic carbocycles. The fourth-order valence-electron chi connectivity index (χ4n) is 4.75. The molecule has 206 valence electrons. The molecule has 0 radical (unpaired) electrons. The molecule has 1 saturated heterocycles. The van der Waals surface area contributed by atoms with Crippen molar-refractivity contribution in [3.05, 3.63) is 105 Å². The number of hydrogen-bond acceptors (Lipinski definition) is 8. The number of nitrogens with one attached hydrogen (secondary N) is 1. The topological polar surface area (TPSA) is 102 Å². The molecular weight excluding hydrogens is 548 g/mol. The van der Waals surface area contributed by atoms with Crippen molar-refractivity contribution in [3.63, 3.8) is 0 Å². The largest absolute Gasteiger partial charge is 0.461 e. The molecule has 0 saturated carbocycles. The smallest absolute Gasteiger partial charge is 0.356 e. The van der Waals surface area contributed by atoms with Gasteiger partial charge in [0.15, 0.2) is 6.10 Å². The Morgan fingerprint density at radius 1 is 0.975 bits per heavy atom. The molecule has 0 aliphatic carbocycles. The van der Waals surface area contributed by atoms with Gasteiger partial charge in [-0.3, -0.25) is 19.3 Å². The van der Waals surface area contributed by atoms with Crippen LogP contribution in [0.3, 0.4) is 0 Å². The lowest BCUT2D eigenvalue weighted by molar-refractivity contribution is -0.155. The second kappa shape index (κ2) is 12.1.